The molecule has 1 saturated heterocycles. The van der Waals surface area contributed by atoms with Crippen molar-refractivity contribution in [1.82, 2.24) is 4.90 Å². The number of hydrogen-bond donors (Lipinski definition) is 1. The molecule has 0 saturated carbocycles. The molecule has 1 aliphatic rings. The molecule has 0 aromatic heterocycles. The van der Waals surface area contributed by atoms with Gasteiger partial charge in [-0.2, -0.15) is 0 Å². The Morgan fingerprint density at radius 2 is 2.00 bits per heavy atom. The van der Waals surface area contributed by atoms with Crippen LogP contribution in [0.15, 0.2) is 42.5 Å². The molecule has 0 spiro atoms. The van der Waals surface area contributed by atoms with E-state index in [2.05, 4.69) is 10.2 Å². The minimum atomic E-state index is -0.0918. The van der Waals surface area contributed by atoms with Gasteiger partial charge in [-0.1, -0.05) is 41.4 Å². The second-order valence-corrected chi connectivity index (χ2v) is 7.78. The van der Waals surface area contributed by atoms with Crippen LogP contribution in [0.25, 0.3) is 0 Å². The summed E-state index contributed by atoms with van der Waals surface area (Å²) in [5.74, 6) is -0.122. The van der Waals surface area contributed by atoms with Gasteiger partial charge < -0.3 is 5.32 Å². The van der Waals surface area contributed by atoms with Crippen LogP contribution in [0.2, 0.25) is 10.0 Å². The summed E-state index contributed by atoms with van der Waals surface area (Å²) in [6.45, 7) is 3.82. The van der Waals surface area contributed by atoms with E-state index in [9.17, 15) is 9.59 Å². The number of nitrogens with zero attached hydrogens (tertiary/aromatic N) is 1. The molecule has 1 amide bonds. The van der Waals surface area contributed by atoms with Gasteiger partial charge >= 0.3 is 0 Å². The average Bonchev–Trinajstić information content (AvgIpc) is 2.64. The number of ketones is 1. The molecule has 2 aromatic carbocycles. The normalized spacial score (nSPS) is 17.5. The summed E-state index contributed by atoms with van der Waals surface area (Å²) >= 11 is 12.2. The van der Waals surface area contributed by atoms with Gasteiger partial charge in [0.15, 0.2) is 5.78 Å². The fraction of sp³-hybridized carbons (Fsp3) is 0.333. The number of Topliss-reactive ketones (excluding diaryl/α,β-unsaturated/α-hetero) is 1. The Labute approximate surface area is 169 Å². The van der Waals surface area contributed by atoms with E-state index in [1.54, 1.807) is 30.3 Å². The highest BCUT2D eigenvalue weighted by Crippen LogP contribution is 2.25. The van der Waals surface area contributed by atoms with Gasteiger partial charge in [-0.15, -0.1) is 0 Å². The molecule has 1 atom stereocenters. The molecular weight excluding hydrogens is 383 g/mol. The summed E-state index contributed by atoms with van der Waals surface area (Å²) in [6, 6.07) is 12.6. The summed E-state index contributed by atoms with van der Waals surface area (Å²) in [5.41, 5.74) is 2.26. The Balaban J connectivity index is 1.62. The van der Waals surface area contributed by atoms with Crippen molar-refractivity contribution in [3.63, 3.8) is 0 Å². The second kappa shape index (κ2) is 8.87. The Morgan fingerprint density at radius 3 is 2.74 bits per heavy atom. The minimum absolute atomic E-state index is 0.0115. The second-order valence-electron chi connectivity index (χ2n) is 6.94. The van der Waals surface area contributed by atoms with E-state index in [4.69, 9.17) is 23.2 Å². The molecule has 0 radical (unpaired) electrons. The van der Waals surface area contributed by atoms with E-state index in [1.165, 1.54) is 6.92 Å². The molecule has 0 bridgehead atoms. The van der Waals surface area contributed by atoms with Crippen LogP contribution in [0.1, 0.15) is 35.7 Å². The van der Waals surface area contributed by atoms with E-state index >= 15 is 0 Å². The van der Waals surface area contributed by atoms with Gasteiger partial charge in [0.1, 0.15) is 0 Å². The smallest absolute Gasteiger partial charge is 0.228 e. The summed E-state index contributed by atoms with van der Waals surface area (Å²) in [7, 11) is 0. The number of likely N-dealkylation sites (tertiary alicyclic amines) is 1. The number of halogens is 2. The highest BCUT2D eigenvalue weighted by molar-refractivity contribution is 6.35. The van der Waals surface area contributed by atoms with Crippen LogP contribution in [-0.4, -0.2) is 29.7 Å². The molecule has 4 nitrogen and oxygen atoms in total. The van der Waals surface area contributed by atoms with E-state index in [0.717, 1.165) is 24.9 Å². The number of anilines is 1. The van der Waals surface area contributed by atoms with Gasteiger partial charge in [0.05, 0.1) is 5.92 Å². The third-order valence-electron chi connectivity index (χ3n) is 4.82. The molecule has 0 aliphatic carbocycles. The monoisotopic (exact) mass is 404 g/mol. The van der Waals surface area contributed by atoms with Gasteiger partial charge in [-0.25, -0.2) is 0 Å². The summed E-state index contributed by atoms with van der Waals surface area (Å²) in [5, 5.41) is 4.22. The lowest BCUT2D eigenvalue weighted by molar-refractivity contribution is -0.121. The van der Waals surface area contributed by atoms with Crippen LogP contribution in [0, 0.1) is 5.92 Å². The number of carbonyl (C=O) groups is 2. The van der Waals surface area contributed by atoms with Crippen molar-refractivity contribution in [2.45, 2.75) is 26.3 Å². The minimum Gasteiger partial charge on any atom is -0.326 e. The third-order valence-corrected chi connectivity index (χ3v) is 5.41. The number of amides is 1. The van der Waals surface area contributed by atoms with E-state index < -0.39 is 0 Å². The summed E-state index contributed by atoms with van der Waals surface area (Å²) in [4.78, 5) is 26.4. The number of piperidine rings is 1. The van der Waals surface area contributed by atoms with E-state index in [0.29, 0.717) is 34.4 Å². The van der Waals surface area contributed by atoms with Crippen LogP contribution in [0.4, 0.5) is 5.69 Å². The van der Waals surface area contributed by atoms with Gasteiger partial charge in [-0.05, 0) is 56.1 Å². The Morgan fingerprint density at radius 1 is 1.19 bits per heavy atom. The maximum Gasteiger partial charge on any atom is 0.228 e. The molecule has 3 rings (SSSR count). The molecule has 27 heavy (non-hydrogen) atoms. The van der Waals surface area contributed by atoms with Crippen molar-refractivity contribution in [2.24, 2.45) is 5.92 Å². The standard InChI is InChI=1S/C21H22Cl2N2O2/c1-14(26)15-4-2-6-19(10-15)24-21(27)17-5-3-9-25(13-17)12-16-7-8-18(22)11-20(16)23/h2,4,6-8,10-11,17H,3,5,9,12-13H2,1H3,(H,24,27)/t17-/m0/s1. The molecule has 142 valence electrons. The molecule has 6 heteroatoms. The fourth-order valence-electron chi connectivity index (χ4n) is 3.36. The first-order chi connectivity index (χ1) is 12.9. The summed E-state index contributed by atoms with van der Waals surface area (Å²) < 4.78 is 0. The van der Waals surface area contributed by atoms with E-state index in [1.807, 2.05) is 12.1 Å². The highest BCUT2D eigenvalue weighted by atomic mass is 35.5. The Bertz CT molecular complexity index is 854. The maximum absolute atomic E-state index is 12.7. The quantitative estimate of drug-likeness (QED) is 0.709. The lowest BCUT2D eigenvalue weighted by atomic mass is 9.96. The van der Waals surface area contributed by atoms with Crippen LogP contribution in [0.5, 0.6) is 0 Å². The first-order valence-electron chi connectivity index (χ1n) is 9.00. The maximum atomic E-state index is 12.7. The Kier molecular flexibility index (Phi) is 6.53. The van der Waals surface area contributed by atoms with Gasteiger partial charge in [0, 0.05) is 34.4 Å². The molecule has 0 unspecified atom stereocenters. The Hall–Kier alpha value is -1.88. The van der Waals surface area contributed by atoms with Gasteiger partial charge in [0.2, 0.25) is 5.91 Å². The molecule has 2 aromatic rings. The molecule has 1 aliphatic heterocycles. The number of carbonyl (C=O) groups excluding carboxylic acids is 2. The number of benzene rings is 2. The van der Waals surface area contributed by atoms with Crippen molar-refractivity contribution in [2.75, 3.05) is 18.4 Å². The topological polar surface area (TPSA) is 49.4 Å². The first kappa shape index (κ1) is 19.9. The number of rotatable bonds is 5. The molecule has 1 fully saturated rings. The van der Waals surface area contributed by atoms with Crippen LogP contribution < -0.4 is 5.32 Å². The zero-order valence-electron chi connectivity index (χ0n) is 15.2. The van der Waals surface area contributed by atoms with Crippen molar-refractivity contribution in [1.29, 1.82) is 0 Å². The predicted octanol–water partition coefficient (Wildman–Crippen LogP) is 5.05. The van der Waals surface area contributed by atoms with Crippen molar-refractivity contribution in [3.8, 4) is 0 Å². The number of nitrogens with one attached hydrogen (secondary N) is 1. The zero-order valence-corrected chi connectivity index (χ0v) is 16.7. The zero-order chi connectivity index (χ0) is 19.4. The largest absolute Gasteiger partial charge is 0.326 e. The predicted molar refractivity (Wildman–Crippen MR) is 110 cm³/mol. The average molecular weight is 405 g/mol. The van der Waals surface area contributed by atoms with Gasteiger partial charge in [0.25, 0.3) is 0 Å². The highest BCUT2D eigenvalue weighted by Gasteiger charge is 2.26. The van der Waals surface area contributed by atoms with Crippen molar-refractivity contribution in [3.05, 3.63) is 63.6 Å². The van der Waals surface area contributed by atoms with Crippen molar-refractivity contribution >= 4 is 40.6 Å². The van der Waals surface area contributed by atoms with Crippen LogP contribution >= 0.6 is 23.2 Å². The fourth-order valence-corrected chi connectivity index (χ4v) is 3.83. The van der Waals surface area contributed by atoms with Crippen molar-refractivity contribution < 1.29 is 9.59 Å². The van der Waals surface area contributed by atoms with Crippen LogP contribution in [-0.2, 0) is 11.3 Å². The SMILES string of the molecule is CC(=O)c1cccc(NC(=O)[C@H]2CCCN(Cc3ccc(Cl)cc3Cl)C2)c1. The summed E-state index contributed by atoms with van der Waals surface area (Å²) in [6.07, 6.45) is 1.81. The lowest BCUT2D eigenvalue weighted by Crippen LogP contribution is -2.40. The van der Waals surface area contributed by atoms with E-state index in [-0.39, 0.29) is 17.6 Å². The lowest BCUT2D eigenvalue weighted by Gasteiger charge is -2.32. The molecule has 1 N–H and O–H groups in total. The van der Waals surface area contributed by atoms with Crippen LogP contribution in [0.3, 0.4) is 0 Å². The number of hydrogen-bond acceptors (Lipinski definition) is 3. The van der Waals surface area contributed by atoms with Gasteiger partial charge in [-0.3, -0.25) is 14.5 Å². The molecular formula is C21H22Cl2N2O2. The first-order valence-corrected chi connectivity index (χ1v) is 9.76. The third kappa shape index (κ3) is 5.32. The molecule has 1 heterocycles.